The minimum absolute atomic E-state index is 0.0562. The Morgan fingerprint density at radius 2 is 2.00 bits per heavy atom. The van der Waals surface area contributed by atoms with Crippen LogP contribution in [-0.4, -0.2) is 24.2 Å². The molecule has 0 aliphatic heterocycles. The first-order chi connectivity index (χ1) is 6.82. The van der Waals surface area contributed by atoms with Crippen molar-refractivity contribution in [2.45, 2.75) is 13.8 Å². The van der Waals surface area contributed by atoms with Gasteiger partial charge in [-0.05, 0) is 11.3 Å². The lowest BCUT2D eigenvalue weighted by molar-refractivity contribution is -0.139. The number of hydrogen-bond acceptors (Lipinski definition) is 3. The van der Waals surface area contributed by atoms with Crippen LogP contribution in [0.15, 0.2) is 11.1 Å². The van der Waals surface area contributed by atoms with Crippen LogP contribution in [0.3, 0.4) is 0 Å². The second-order valence-corrected chi connectivity index (χ2v) is 4.58. The first-order valence-corrected chi connectivity index (χ1v) is 4.88. The van der Waals surface area contributed by atoms with E-state index in [9.17, 15) is 9.59 Å². The Labute approximate surface area is 92.9 Å². The van der Waals surface area contributed by atoms with E-state index in [0.29, 0.717) is 0 Å². The van der Waals surface area contributed by atoms with Crippen molar-refractivity contribution in [3.8, 4) is 0 Å². The maximum absolute atomic E-state index is 11.0. The molecule has 0 saturated heterocycles. The standard InChI is InChI=1S/C10H13ClO4/c1-10(2)5(7(10)8(12)13)4-6(11)9(14)15-3/h4-5,7H,1-3H3,(H,12,13)/t5-,7-/m0/s1. The van der Waals surface area contributed by atoms with Crippen molar-refractivity contribution < 1.29 is 19.4 Å². The second kappa shape index (κ2) is 3.85. The molecule has 0 aromatic heterocycles. The van der Waals surface area contributed by atoms with Crippen LogP contribution in [0.4, 0.5) is 0 Å². The Morgan fingerprint density at radius 1 is 1.47 bits per heavy atom. The molecule has 0 unspecified atom stereocenters. The molecule has 0 spiro atoms. The summed E-state index contributed by atoms with van der Waals surface area (Å²) in [6.45, 7) is 3.66. The van der Waals surface area contributed by atoms with Gasteiger partial charge >= 0.3 is 11.9 Å². The quantitative estimate of drug-likeness (QED) is 0.594. The molecule has 2 atom stereocenters. The van der Waals surface area contributed by atoms with E-state index in [1.54, 1.807) is 0 Å². The van der Waals surface area contributed by atoms with Crippen molar-refractivity contribution in [1.29, 1.82) is 0 Å². The van der Waals surface area contributed by atoms with E-state index in [4.69, 9.17) is 16.7 Å². The summed E-state index contributed by atoms with van der Waals surface area (Å²) in [5, 5.41) is 8.82. The lowest BCUT2D eigenvalue weighted by Gasteiger charge is -1.98. The molecule has 0 aromatic rings. The molecule has 0 aromatic carbocycles. The molecular formula is C10H13ClO4. The van der Waals surface area contributed by atoms with Crippen LogP contribution in [0.1, 0.15) is 13.8 Å². The van der Waals surface area contributed by atoms with Crippen LogP contribution in [0.5, 0.6) is 0 Å². The molecule has 1 aliphatic carbocycles. The molecule has 1 N–H and O–H groups in total. The van der Waals surface area contributed by atoms with Crippen molar-refractivity contribution >= 4 is 23.5 Å². The van der Waals surface area contributed by atoms with E-state index >= 15 is 0 Å². The summed E-state index contributed by atoms with van der Waals surface area (Å²) in [6, 6.07) is 0. The van der Waals surface area contributed by atoms with E-state index in [1.807, 2.05) is 13.8 Å². The Bertz CT molecular complexity index is 332. The van der Waals surface area contributed by atoms with Crippen molar-refractivity contribution in [1.82, 2.24) is 0 Å². The van der Waals surface area contributed by atoms with E-state index in [2.05, 4.69) is 4.74 Å². The highest BCUT2D eigenvalue weighted by Crippen LogP contribution is 2.59. The van der Waals surface area contributed by atoms with Crippen LogP contribution in [0, 0.1) is 17.3 Å². The first kappa shape index (κ1) is 12.0. The van der Waals surface area contributed by atoms with Gasteiger partial charge in [0, 0.05) is 0 Å². The fraction of sp³-hybridized carbons (Fsp3) is 0.600. The number of allylic oxidation sites excluding steroid dienone is 1. The number of halogens is 1. The third kappa shape index (κ3) is 2.15. The minimum Gasteiger partial charge on any atom is -0.481 e. The highest BCUT2D eigenvalue weighted by atomic mass is 35.5. The SMILES string of the molecule is COC(=O)C(Cl)=C[C@H]1[C@@H](C(=O)O)C1(C)C. The minimum atomic E-state index is -0.865. The highest BCUT2D eigenvalue weighted by Gasteiger charge is 2.61. The van der Waals surface area contributed by atoms with E-state index in [-0.39, 0.29) is 16.4 Å². The average molecular weight is 233 g/mol. The monoisotopic (exact) mass is 232 g/mol. The third-order valence-electron chi connectivity index (χ3n) is 2.88. The number of carboxylic acid groups (broad SMARTS) is 1. The van der Waals surface area contributed by atoms with E-state index < -0.39 is 17.9 Å². The number of aliphatic carboxylic acids is 1. The fourth-order valence-electron chi connectivity index (χ4n) is 1.78. The van der Waals surface area contributed by atoms with Gasteiger partial charge in [0.15, 0.2) is 0 Å². The average Bonchev–Trinajstić information content (AvgIpc) is 2.66. The highest BCUT2D eigenvalue weighted by molar-refractivity contribution is 6.41. The molecule has 5 heteroatoms. The number of methoxy groups -OCH3 is 1. The van der Waals surface area contributed by atoms with Gasteiger partial charge < -0.3 is 9.84 Å². The Morgan fingerprint density at radius 3 is 2.33 bits per heavy atom. The van der Waals surface area contributed by atoms with Crippen LogP contribution in [-0.2, 0) is 14.3 Å². The Hall–Kier alpha value is -1.03. The third-order valence-corrected chi connectivity index (χ3v) is 3.16. The number of carbonyl (C=O) groups is 2. The molecular weight excluding hydrogens is 220 g/mol. The number of esters is 1. The van der Waals surface area contributed by atoms with Gasteiger partial charge in [0.1, 0.15) is 5.03 Å². The maximum atomic E-state index is 11.0. The molecule has 1 fully saturated rings. The zero-order valence-corrected chi connectivity index (χ0v) is 9.54. The Balaban J connectivity index is 2.78. The molecule has 1 aliphatic rings. The van der Waals surface area contributed by atoms with Gasteiger partial charge in [-0.15, -0.1) is 0 Å². The topological polar surface area (TPSA) is 63.6 Å². The molecule has 1 saturated carbocycles. The van der Waals surface area contributed by atoms with Gasteiger partial charge in [0.25, 0.3) is 0 Å². The summed E-state index contributed by atoms with van der Waals surface area (Å²) in [4.78, 5) is 21.8. The first-order valence-electron chi connectivity index (χ1n) is 4.50. The zero-order chi connectivity index (χ0) is 11.8. The lowest BCUT2D eigenvalue weighted by Crippen LogP contribution is -2.03. The Kier molecular flexibility index (Phi) is 3.09. The van der Waals surface area contributed by atoms with Crippen molar-refractivity contribution in [2.75, 3.05) is 7.11 Å². The summed E-state index contributed by atoms with van der Waals surface area (Å²) in [5.74, 6) is -2.18. The van der Waals surface area contributed by atoms with Crippen molar-refractivity contribution in [3.63, 3.8) is 0 Å². The lowest BCUT2D eigenvalue weighted by atomic mass is 10.1. The second-order valence-electron chi connectivity index (χ2n) is 4.17. The molecule has 0 bridgehead atoms. The van der Waals surface area contributed by atoms with Crippen LogP contribution in [0.25, 0.3) is 0 Å². The van der Waals surface area contributed by atoms with Crippen LogP contribution < -0.4 is 0 Å². The normalized spacial score (nSPS) is 28.4. The molecule has 0 amide bonds. The van der Waals surface area contributed by atoms with Gasteiger partial charge in [-0.3, -0.25) is 4.79 Å². The molecule has 84 valence electrons. The van der Waals surface area contributed by atoms with Gasteiger partial charge in [-0.25, -0.2) is 4.79 Å². The largest absolute Gasteiger partial charge is 0.481 e. The van der Waals surface area contributed by atoms with Gasteiger partial charge in [-0.2, -0.15) is 0 Å². The molecule has 0 radical (unpaired) electrons. The predicted octanol–water partition coefficient (Wildman–Crippen LogP) is 1.64. The van der Waals surface area contributed by atoms with Gasteiger partial charge in [0.05, 0.1) is 13.0 Å². The number of carbonyl (C=O) groups excluding carboxylic acids is 1. The number of rotatable bonds is 3. The molecule has 0 heterocycles. The number of ether oxygens (including phenoxy) is 1. The van der Waals surface area contributed by atoms with E-state index in [1.165, 1.54) is 13.2 Å². The summed E-state index contributed by atoms with van der Waals surface area (Å²) in [6.07, 6.45) is 1.46. The summed E-state index contributed by atoms with van der Waals surface area (Å²) >= 11 is 5.66. The molecule has 1 rings (SSSR count). The molecule has 15 heavy (non-hydrogen) atoms. The predicted molar refractivity (Wildman–Crippen MR) is 54.3 cm³/mol. The maximum Gasteiger partial charge on any atom is 0.349 e. The smallest absolute Gasteiger partial charge is 0.349 e. The van der Waals surface area contributed by atoms with Gasteiger partial charge in [-0.1, -0.05) is 31.5 Å². The van der Waals surface area contributed by atoms with Crippen LogP contribution >= 0.6 is 11.6 Å². The van der Waals surface area contributed by atoms with Crippen molar-refractivity contribution in [3.05, 3.63) is 11.1 Å². The van der Waals surface area contributed by atoms with Crippen LogP contribution in [0.2, 0.25) is 0 Å². The number of carboxylic acids is 1. The van der Waals surface area contributed by atoms with E-state index in [0.717, 1.165) is 0 Å². The summed E-state index contributed by atoms with van der Waals surface area (Å²) in [5.41, 5.74) is -0.347. The van der Waals surface area contributed by atoms with Gasteiger partial charge in [0.2, 0.25) is 0 Å². The number of hydrogen-bond donors (Lipinski definition) is 1. The summed E-state index contributed by atoms with van der Waals surface area (Å²) < 4.78 is 4.42. The summed E-state index contributed by atoms with van der Waals surface area (Å²) in [7, 11) is 1.23. The zero-order valence-electron chi connectivity index (χ0n) is 8.78. The van der Waals surface area contributed by atoms with Crippen molar-refractivity contribution in [2.24, 2.45) is 17.3 Å². The molecule has 4 nitrogen and oxygen atoms in total. The fourth-order valence-corrected chi connectivity index (χ4v) is 2.00.